The second-order valence-corrected chi connectivity index (χ2v) is 4.15. The molecule has 1 amide bonds. The number of carbonyl (C=O) groups is 1. The van der Waals surface area contributed by atoms with Gasteiger partial charge >= 0.3 is 0 Å². The SMILES string of the molecule is C#CC(CC)NC(=O)c1ccccc1SC. The van der Waals surface area contributed by atoms with Gasteiger partial charge in [0.1, 0.15) is 0 Å². The molecule has 0 radical (unpaired) electrons. The molecule has 0 fully saturated rings. The lowest BCUT2D eigenvalue weighted by Gasteiger charge is -2.12. The Bertz CT molecular complexity index is 409. The van der Waals surface area contributed by atoms with Crippen LogP contribution in [0.25, 0.3) is 0 Å². The summed E-state index contributed by atoms with van der Waals surface area (Å²) in [4.78, 5) is 12.9. The number of terminal acetylenes is 1. The third-order valence-corrected chi connectivity index (χ3v) is 3.06. The number of carbonyl (C=O) groups excluding carboxylic acids is 1. The van der Waals surface area contributed by atoms with E-state index in [-0.39, 0.29) is 11.9 Å². The predicted molar refractivity (Wildman–Crippen MR) is 68.6 cm³/mol. The Hall–Kier alpha value is -1.40. The van der Waals surface area contributed by atoms with E-state index in [2.05, 4.69) is 11.2 Å². The Morgan fingerprint density at radius 2 is 2.25 bits per heavy atom. The molecule has 0 saturated carbocycles. The summed E-state index contributed by atoms with van der Waals surface area (Å²) in [5, 5.41) is 2.82. The van der Waals surface area contributed by atoms with Gasteiger partial charge in [0.15, 0.2) is 0 Å². The minimum absolute atomic E-state index is 0.102. The van der Waals surface area contributed by atoms with Crippen LogP contribution < -0.4 is 5.32 Å². The molecule has 1 atom stereocenters. The zero-order chi connectivity index (χ0) is 12.0. The number of thioether (sulfide) groups is 1. The monoisotopic (exact) mass is 233 g/mol. The van der Waals surface area contributed by atoms with Crippen molar-refractivity contribution in [3.8, 4) is 12.3 Å². The van der Waals surface area contributed by atoms with Gasteiger partial charge in [-0.25, -0.2) is 0 Å². The Morgan fingerprint density at radius 3 is 2.81 bits per heavy atom. The summed E-state index contributed by atoms with van der Waals surface area (Å²) in [5.41, 5.74) is 0.684. The molecule has 16 heavy (non-hydrogen) atoms. The summed E-state index contributed by atoms with van der Waals surface area (Å²) < 4.78 is 0. The lowest BCUT2D eigenvalue weighted by atomic mass is 10.2. The Morgan fingerprint density at radius 1 is 1.56 bits per heavy atom. The molecule has 1 rings (SSSR count). The van der Waals surface area contributed by atoms with Crippen molar-refractivity contribution in [1.29, 1.82) is 0 Å². The lowest BCUT2D eigenvalue weighted by molar-refractivity contribution is 0.0942. The van der Waals surface area contributed by atoms with Crippen molar-refractivity contribution in [2.75, 3.05) is 6.26 Å². The molecular formula is C13H15NOS. The molecule has 1 aromatic rings. The van der Waals surface area contributed by atoms with Crippen LogP contribution in [0, 0.1) is 12.3 Å². The molecule has 1 unspecified atom stereocenters. The van der Waals surface area contributed by atoms with Crippen LogP contribution in [-0.2, 0) is 0 Å². The normalized spacial score (nSPS) is 11.6. The fourth-order valence-corrected chi connectivity index (χ4v) is 1.93. The van der Waals surface area contributed by atoms with Crippen molar-refractivity contribution in [3.63, 3.8) is 0 Å². The topological polar surface area (TPSA) is 29.1 Å². The van der Waals surface area contributed by atoms with Gasteiger partial charge in [-0.1, -0.05) is 25.0 Å². The van der Waals surface area contributed by atoms with E-state index in [0.29, 0.717) is 5.56 Å². The van der Waals surface area contributed by atoms with Crippen LogP contribution in [0.5, 0.6) is 0 Å². The molecule has 0 aliphatic rings. The van der Waals surface area contributed by atoms with Gasteiger partial charge in [-0.15, -0.1) is 18.2 Å². The van der Waals surface area contributed by atoms with E-state index in [9.17, 15) is 4.79 Å². The third-order valence-electron chi connectivity index (χ3n) is 2.27. The molecule has 0 aliphatic carbocycles. The molecule has 0 bridgehead atoms. The van der Waals surface area contributed by atoms with E-state index in [1.807, 2.05) is 37.4 Å². The van der Waals surface area contributed by atoms with E-state index in [0.717, 1.165) is 11.3 Å². The molecule has 0 spiro atoms. The highest BCUT2D eigenvalue weighted by Crippen LogP contribution is 2.19. The molecular weight excluding hydrogens is 218 g/mol. The van der Waals surface area contributed by atoms with Gasteiger partial charge in [-0.05, 0) is 24.8 Å². The highest BCUT2D eigenvalue weighted by atomic mass is 32.2. The van der Waals surface area contributed by atoms with E-state index < -0.39 is 0 Å². The first-order chi connectivity index (χ1) is 7.72. The number of benzene rings is 1. The van der Waals surface area contributed by atoms with Gasteiger partial charge in [-0.3, -0.25) is 4.79 Å². The number of hydrogen-bond acceptors (Lipinski definition) is 2. The standard InChI is InChI=1S/C13H15NOS/c1-4-10(5-2)14-13(15)11-8-6-7-9-12(11)16-3/h1,6-10H,5H2,2-3H3,(H,14,15). The summed E-state index contributed by atoms with van der Waals surface area (Å²) in [5.74, 6) is 2.45. The second-order valence-electron chi connectivity index (χ2n) is 3.30. The maximum Gasteiger partial charge on any atom is 0.253 e. The van der Waals surface area contributed by atoms with Gasteiger partial charge in [0, 0.05) is 4.90 Å². The number of amides is 1. The first-order valence-electron chi connectivity index (χ1n) is 5.13. The van der Waals surface area contributed by atoms with E-state index >= 15 is 0 Å². The van der Waals surface area contributed by atoms with Gasteiger partial charge in [0.05, 0.1) is 11.6 Å². The van der Waals surface area contributed by atoms with E-state index in [4.69, 9.17) is 6.42 Å². The minimum atomic E-state index is -0.192. The van der Waals surface area contributed by atoms with E-state index in [1.165, 1.54) is 0 Å². The van der Waals surface area contributed by atoms with Gasteiger partial charge in [0.25, 0.3) is 5.91 Å². The average Bonchev–Trinajstić information content (AvgIpc) is 2.35. The summed E-state index contributed by atoms with van der Waals surface area (Å²) >= 11 is 1.55. The van der Waals surface area contributed by atoms with Gasteiger partial charge in [0.2, 0.25) is 0 Å². The number of hydrogen-bond donors (Lipinski definition) is 1. The van der Waals surface area contributed by atoms with Gasteiger partial charge in [-0.2, -0.15) is 0 Å². The molecule has 2 nitrogen and oxygen atoms in total. The predicted octanol–water partition coefficient (Wildman–Crippen LogP) is 2.55. The Labute approximate surface area is 101 Å². The van der Waals surface area contributed by atoms with Crippen molar-refractivity contribution < 1.29 is 4.79 Å². The van der Waals surface area contributed by atoms with Gasteiger partial charge < -0.3 is 5.32 Å². The molecule has 3 heteroatoms. The minimum Gasteiger partial charge on any atom is -0.338 e. The highest BCUT2D eigenvalue weighted by Gasteiger charge is 2.12. The molecule has 1 N–H and O–H groups in total. The van der Waals surface area contributed by atoms with Crippen LogP contribution in [0.2, 0.25) is 0 Å². The van der Waals surface area contributed by atoms with Crippen molar-refractivity contribution in [2.45, 2.75) is 24.3 Å². The molecule has 0 aromatic heterocycles. The van der Waals surface area contributed by atoms with Crippen LogP contribution in [0.3, 0.4) is 0 Å². The molecule has 0 saturated heterocycles. The largest absolute Gasteiger partial charge is 0.338 e. The zero-order valence-electron chi connectivity index (χ0n) is 9.49. The average molecular weight is 233 g/mol. The first kappa shape index (κ1) is 12.7. The third kappa shape index (κ3) is 3.04. The summed E-state index contributed by atoms with van der Waals surface area (Å²) in [6.07, 6.45) is 8.00. The summed E-state index contributed by atoms with van der Waals surface area (Å²) in [6, 6.07) is 7.32. The molecule has 1 aromatic carbocycles. The highest BCUT2D eigenvalue weighted by molar-refractivity contribution is 7.98. The molecule has 0 aliphatic heterocycles. The van der Waals surface area contributed by atoms with Crippen molar-refractivity contribution in [1.82, 2.24) is 5.32 Å². The zero-order valence-corrected chi connectivity index (χ0v) is 10.3. The van der Waals surface area contributed by atoms with Crippen LogP contribution in [0.1, 0.15) is 23.7 Å². The van der Waals surface area contributed by atoms with Crippen LogP contribution >= 0.6 is 11.8 Å². The molecule has 0 heterocycles. The fraction of sp³-hybridized carbons (Fsp3) is 0.308. The van der Waals surface area contributed by atoms with Crippen molar-refractivity contribution in [3.05, 3.63) is 29.8 Å². The maximum atomic E-state index is 11.9. The number of rotatable bonds is 4. The fourth-order valence-electron chi connectivity index (χ4n) is 1.33. The summed E-state index contributed by atoms with van der Waals surface area (Å²) in [6.45, 7) is 1.95. The number of nitrogens with one attached hydrogen (secondary N) is 1. The lowest BCUT2D eigenvalue weighted by Crippen LogP contribution is -2.33. The van der Waals surface area contributed by atoms with Crippen LogP contribution in [0.15, 0.2) is 29.2 Å². The van der Waals surface area contributed by atoms with Crippen LogP contribution in [0.4, 0.5) is 0 Å². The summed E-state index contributed by atoms with van der Waals surface area (Å²) in [7, 11) is 0. The second kappa shape index (κ2) is 6.24. The quantitative estimate of drug-likeness (QED) is 0.639. The van der Waals surface area contributed by atoms with Crippen LogP contribution in [-0.4, -0.2) is 18.2 Å². The van der Waals surface area contributed by atoms with E-state index in [1.54, 1.807) is 11.8 Å². The van der Waals surface area contributed by atoms with Crippen molar-refractivity contribution >= 4 is 17.7 Å². The maximum absolute atomic E-state index is 11.9. The Kier molecular flexibility index (Phi) is 4.94. The molecule has 84 valence electrons. The Balaban J connectivity index is 2.85. The first-order valence-corrected chi connectivity index (χ1v) is 6.35. The van der Waals surface area contributed by atoms with Crippen molar-refractivity contribution in [2.24, 2.45) is 0 Å². The smallest absolute Gasteiger partial charge is 0.253 e.